The van der Waals surface area contributed by atoms with E-state index in [9.17, 15) is 13.2 Å². The Kier molecular flexibility index (Phi) is 5.06. The van der Waals surface area contributed by atoms with Crippen LogP contribution in [0, 0.1) is 0 Å². The molecule has 0 radical (unpaired) electrons. The van der Waals surface area contributed by atoms with Crippen LogP contribution < -0.4 is 10.0 Å². The number of rotatable bonds is 4. The lowest BCUT2D eigenvalue weighted by Gasteiger charge is -2.29. The fourth-order valence-corrected chi connectivity index (χ4v) is 3.70. The summed E-state index contributed by atoms with van der Waals surface area (Å²) in [5.41, 5.74) is 3.20. The van der Waals surface area contributed by atoms with E-state index in [1.807, 2.05) is 18.2 Å². The summed E-state index contributed by atoms with van der Waals surface area (Å²) in [6.07, 6.45) is 0.847. The predicted molar refractivity (Wildman–Crippen MR) is 95.5 cm³/mol. The van der Waals surface area contributed by atoms with Gasteiger partial charge in [0.05, 0.1) is 4.90 Å². The minimum Gasteiger partial charge on any atom is -0.334 e. The normalized spacial score (nSPS) is 14.0. The molecule has 1 heterocycles. The van der Waals surface area contributed by atoms with Gasteiger partial charge in [0.15, 0.2) is 0 Å². The molecule has 0 bridgehead atoms. The number of carbonyl (C=O) groups is 1. The van der Waals surface area contributed by atoms with Crippen molar-refractivity contribution in [2.75, 3.05) is 13.6 Å². The highest BCUT2D eigenvalue weighted by Crippen LogP contribution is 2.18. The first-order valence-corrected chi connectivity index (χ1v) is 9.60. The molecule has 0 aromatic heterocycles. The van der Waals surface area contributed by atoms with Gasteiger partial charge >= 0.3 is 6.03 Å². The van der Waals surface area contributed by atoms with Crippen molar-refractivity contribution in [3.63, 3.8) is 0 Å². The number of urea groups is 1. The number of amides is 2. The molecule has 0 aliphatic carbocycles. The molecule has 2 N–H and O–H groups in total. The van der Waals surface area contributed by atoms with E-state index in [1.54, 1.807) is 23.1 Å². The largest absolute Gasteiger partial charge is 0.334 e. The molecule has 6 nitrogen and oxygen atoms in total. The molecule has 1 aliphatic rings. The summed E-state index contributed by atoms with van der Waals surface area (Å²) in [5, 5.41) is 2.87. The number of sulfonamides is 1. The van der Waals surface area contributed by atoms with Gasteiger partial charge in [-0.05, 0) is 42.3 Å². The van der Waals surface area contributed by atoms with Crippen molar-refractivity contribution >= 4 is 16.1 Å². The maximum absolute atomic E-state index is 12.4. The summed E-state index contributed by atoms with van der Waals surface area (Å²) >= 11 is 0. The Bertz CT molecular complexity index is 881. The topological polar surface area (TPSA) is 78.5 Å². The fraction of sp³-hybridized carbons (Fsp3) is 0.278. The number of hydrogen-bond acceptors (Lipinski definition) is 3. The lowest BCUT2D eigenvalue weighted by Crippen LogP contribution is -2.42. The van der Waals surface area contributed by atoms with Crippen molar-refractivity contribution in [3.8, 4) is 0 Å². The van der Waals surface area contributed by atoms with Crippen LogP contribution >= 0.6 is 0 Å². The van der Waals surface area contributed by atoms with Gasteiger partial charge in [0.1, 0.15) is 0 Å². The molecule has 25 heavy (non-hydrogen) atoms. The van der Waals surface area contributed by atoms with Crippen molar-refractivity contribution in [2.45, 2.75) is 24.4 Å². The molecule has 1 aliphatic heterocycles. The van der Waals surface area contributed by atoms with E-state index in [4.69, 9.17) is 0 Å². The summed E-state index contributed by atoms with van der Waals surface area (Å²) in [6.45, 7) is 1.55. The summed E-state index contributed by atoms with van der Waals surface area (Å²) in [7, 11) is -2.11. The molecular formula is C18H21N3O3S. The van der Waals surface area contributed by atoms with Gasteiger partial charge in [-0.25, -0.2) is 17.9 Å². The number of benzene rings is 2. The molecule has 0 spiro atoms. The highest BCUT2D eigenvalue weighted by molar-refractivity contribution is 7.89. The monoisotopic (exact) mass is 359 g/mol. The minimum atomic E-state index is -3.49. The maximum Gasteiger partial charge on any atom is 0.317 e. The SMILES string of the molecule is CNS(=O)(=O)c1cccc(CNC(=O)N2CCc3ccccc3C2)c1. The van der Waals surface area contributed by atoms with Crippen LogP contribution in [0.4, 0.5) is 4.79 Å². The fourth-order valence-electron chi connectivity index (χ4n) is 2.90. The van der Waals surface area contributed by atoms with Crippen molar-refractivity contribution < 1.29 is 13.2 Å². The van der Waals surface area contributed by atoms with E-state index in [0.717, 1.165) is 12.0 Å². The third-order valence-electron chi connectivity index (χ3n) is 4.34. The molecule has 132 valence electrons. The average molecular weight is 359 g/mol. The van der Waals surface area contributed by atoms with Crippen molar-refractivity contribution in [2.24, 2.45) is 0 Å². The van der Waals surface area contributed by atoms with Crippen LogP contribution in [0.5, 0.6) is 0 Å². The van der Waals surface area contributed by atoms with E-state index in [-0.39, 0.29) is 17.5 Å². The van der Waals surface area contributed by atoms with Crippen LogP contribution in [-0.2, 0) is 29.5 Å². The Hall–Kier alpha value is -2.38. The summed E-state index contributed by atoms with van der Waals surface area (Å²) in [4.78, 5) is 14.4. The van der Waals surface area contributed by atoms with Crippen LogP contribution in [0.25, 0.3) is 0 Å². The van der Waals surface area contributed by atoms with Gasteiger partial charge in [0.25, 0.3) is 0 Å². The molecule has 3 rings (SSSR count). The van der Waals surface area contributed by atoms with Gasteiger partial charge in [-0.2, -0.15) is 0 Å². The van der Waals surface area contributed by atoms with Gasteiger partial charge < -0.3 is 10.2 Å². The van der Waals surface area contributed by atoms with E-state index in [2.05, 4.69) is 16.1 Å². The number of nitrogens with one attached hydrogen (secondary N) is 2. The zero-order chi connectivity index (χ0) is 17.9. The Morgan fingerprint density at radius 2 is 1.88 bits per heavy atom. The molecule has 0 unspecified atom stereocenters. The number of nitrogens with zero attached hydrogens (tertiary/aromatic N) is 1. The zero-order valence-electron chi connectivity index (χ0n) is 14.0. The second kappa shape index (κ2) is 7.25. The van der Waals surface area contributed by atoms with E-state index >= 15 is 0 Å². The predicted octanol–water partition coefficient (Wildman–Crippen LogP) is 1.86. The standard InChI is InChI=1S/C18H21N3O3S/c1-19-25(23,24)17-8-4-5-14(11-17)12-20-18(22)21-10-9-15-6-2-3-7-16(15)13-21/h2-8,11,19H,9-10,12-13H2,1H3,(H,20,22). The Morgan fingerprint density at radius 3 is 2.64 bits per heavy atom. The van der Waals surface area contributed by atoms with Crippen LogP contribution in [0.1, 0.15) is 16.7 Å². The quantitative estimate of drug-likeness (QED) is 0.875. The summed E-state index contributed by atoms with van der Waals surface area (Å²) in [5.74, 6) is 0. The first-order valence-electron chi connectivity index (χ1n) is 8.11. The number of fused-ring (bicyclic) bond motifs is 1. The molecule has 0 saturated heterocycles. The van der Waals surface area contributed by atoms with Gasteiger partial charge in [0, 0.05) is 19.6 Å². The van der Waals surface area contributed by atoms with Crippen molar-refractivity contribution in [1.82, 2.24) is 14.9 Å². The average Bonchev–Trinajstić information content (AvgIpc) is 2.66. The Labute approximate surface area is 147 Å². The smallest absolute Gasteiger partial charge is 0.317 e. The first kappa shape index (κ1) is 17.4. The molecule has 2 aromatic rings. The maximum atomic E-state index is 12.4. The van der Waals surface area contributed by atoms with Crippen LogP contribution in [0.2, 0.25) is 0 Å². The number of hydrogen-bond donors (Lipinski definition) is 2. The third kappa shape index (κ3) is 4.00. The first-order chi connectivity index (χ1) is 12.0. The van der Waals surface area contributed by atoms with Crippen molar-refractivity contribution in [1.29, 1.82) is 0 Å². The molecule has 2 amide bonds. The van der Waals surface area contributed by atoms with E-state index < -0.39 is 10.0 Å². The molecular weight excluding hydrogens is 338 g/mol. The van der Waals surface area contributed by atoms with Gasteiger partial charge in [-0.1, -0.05) is 36.4 Å². The van der Waals surface area contributed by atoms with Gasteiger partial charge in [-0.15, -0.1) is 0 Å². The molecule has 7 heteroatoms. The molecule has 0 saturated carbocycles. The summed E-state index contributed by atoms with van der Waals surface area (Å²) < 4.78 is 26.0. The number of carbonyl (C=O) groups excluding carboxylic acids is 1. The van der Waals surface area contributed by atoms with Gasteiger partial charge in [0.2, 0.25) is 10.0 Å². The highest BCUT2D eigenvalue weighted by atomic mass is 32.2. The van der Waals surface area contributed by atoms with Crippen molar-refractivity contribution in [3.05, 3.63) is 65.2 Å². The lowest BCUT2D eigenvalue weighted by molar-refractivity contribution is 0.192. The Balaban J connectivity index is 1.63. The lowest BCUT2D eigenvalue weighted by atomic mass is 10.0. The minimum absolute atomic E-state index is 0.142. The van der Waals surface area contributed by atoms with Crippen LogP contribution in [0.3, 0.4) is 0 Å². The molecule has 0 fully saturated rings. The Morgan fingerprint density at radius 1 is 1.12 bits per heavy atom. The molecule has 2 aromatic carbocycles. The van der Waals surface area contributed by atoms with E-state index in [0.29, 0.717) is 13.1 Å². The zero-order valence-corrected chi connectivity index (χ0v) is 14.8. The van der Waals surface area contributed by atoms with Crippen LogP contribution in [-0.4, -0.2) is 32.9 Å². The third-order valence-corrected chi connectivity index (χ3v) is 5.75. The second-order valence-electron chi connectivity index (χ2n) is 5.95. The van der Waals surface area contributed by atoms with Crippen LogP contribution in [0.15, 0.2) is 53.4 Å². The van der Waals surface area contributed by atoms with Gasteiger partial charge in [-0.3, -0.25) is 0 Å². The molecule has 0 atom stereocenters. The summed E-state index contributed by atoms with van der Waals surface area (Å²) in [6, 6.07) is 14.5. The second-order valence-corrected chi connectivity index (χ2v) is 7.84. The highest BCUT2D eigenvalue weighted by Gasteiger charge is 2.20. The van der Waals surface area contributed by atoms with E-state index in [1.165, 1.54) is 24.2 Å².